The van der Waals surface area contributed by atoms with Crippen molar-refractivity contribution in [2.45, 2.75) is 62.4 Å². The van der Waals surface area contributed by atoms with Crippen LogP contribution in [-0.4, -0.2) is 68.3 Å². The average Bonchev–Trinajstić information content (AvgIpc) is 3.49. The molecule has 3 atom stereocenters. The summed E-state index contributed by atoms with van der Waals surface area (Å²) in [5.74, 6) is 0.364. The zero-order chi connectivity index (χ0) is 23.3. The van der Waals surface area contributed by atoms with Crippen LogP contribution in [0.15, 0.2) is 18.2 Å². The highest BCUT2D eigenvalue weighted by Crippen LogP contribution is 2.40. The molecule has 10 heteroatoms. The Morgan fingerprint density at radius 3 is 2.28 bits per heavy atom. The molecule has 3 amide bonds. The lowest BCUT2D eigenvalue weighted by Gasteiger charge is -2.47. The lowest BCUT2D eigenvalue weighted by Crippen LogP contribution is -2.62. The Hall–Kier alpha value is -2.33. The van der Waals surface area contributed by atoms with Gasteiger partial charge in [-0.15, -0.1) is 0 Å². The molecule has 9 nitrogen and oxygen atoms in total. The molecule has 0 bridgehead atoms. The van der Waals surface area contributed by atoms with Gasteiger partial charge in [-0.3, -0.25) is 9.69 Å². The second-order valence-corrected chi connectivity index (χ2v) is 11.3. The van der Waals surface area contributed by atoms with Crippen molar-refractivity contribution in [2.75, 3.05) is 21.3 Å². The smallest absolute Gasteiger partial charge is 0.327 e. The number of sulfonamides is 1. The summed E-state index contributed by atoms with van der Waals surface area (Å²) in [4.78, 5) is 28.8. The van der Waals surface area contributed by atoms with Gasteiger partial charge in [-0.25, -0.2) is 17.9 Å². The molecule has 0 radical (unpaired) electrons. The number of ether oxygens (including phenoxy) is 2. The molecule has 3 unspecified atom stereocenters. The van der Waals surface area contributed by atoms with Crippen molar-refractivity contribution in [1.29, 1.82) is 0 Å². The lowest BCUT2D eigenvalue weighted by molar-refractivity contribution is -0.139. The van der Waals surface area contributed by atoms with E-state index < -0.39 is 21.2 Å². The molecule has 1 aromatic rings. The molecule has 176 valence electrons. The largest absolute Gasteiger partial charge is 0.497 e. The minimum Gasteiger partial charge on any atom is -0.497 e. The molecule has 1 N–H and O–H groups in total. The Bertz CT molecular complexity index is 1000. The number of amides is 3. The van der Waals surface area contributed by atoms with Crippen LogP contribution in [0.4, 0.5) is 4.79 Å². The molecular weight excluding hydrogens is 434 g/mol. The molecule has 4 rings (SSSR count). The Morgan fingerprint density at radius 1 is 1.09 bits per heavy atom. The van der Waals surface area contributed by atoms with E-state index in [1.807, 2.05) is 19.1 Å². The van der Waals surface area contributed by atoms with Crippen LogP contribution in [-0.2, 0) is 21.4 Å². The van der Waals surface area contributed by atoms with Crippen LogP contribution in [0.1, 0.15) is 44.6 Å². The van der Waals surface area contributed by atoms with Crippen molar-refractivity contribution in [3.05, 3.63) is 23.8 Å². The van der Waals surface area contributed by atoms with Crippen LogP contribution in [0, 0.1) is 5.92 Å². The number of methoxy groups -OCH3 is 2. The van der Waals surface area contributed by atoms with Gasteiger partial charge in [0.1, 0.15) is 11.5 Å². The normalized spacial score (nSPS) is 27.2. The summed E-state index contributed by atoms with van der Waals surface area (Å²) in [5, 5.41) is -0.634. The van der Waals surface area contributed by atoms with Gasteiger partial charge in [-0.05, 0) is 56.7 Å². The van der Waals surface area contributed by atoms with E-state index in [2.05, 4.69) is 4.72 Å². The van der Waals surface area contributed by atoms with E-state index in [9.17, 15) is 18.0 Å². The maximum Gasteiger partial charge on any atom is 0.327 e. The van der Waals surface area contributed by atoms with Crippen molar-refractivity contribution in [3.63, 3.8) is 0 Å². The van der Waals surface area contributed by atoms with E-state index >= 15 is 0 Å². The molecule has 3 aliphatic rings. The van der Waals surface area contributed by atoms with E-state index in [0.29, 0.717) is 24.3 Å². The molecule has 2 saturated carbocycles. The number of urea groups is 1. The van der Waals surface area contributed by atoms with Gasteiger partial charge in [-0.1, -0.05) is 0 Å². The van der Waals surface area contributed by atoms with E-state index in [1.165, 1.54) is 7.05 Å². The van der Waals surface area contributed by atoms with Gasteiger partial charge < -0.3 is 14.4 Å². The molecule has 1 aliphatic heterocycles. The highest BCUT2D eigenvalue weighted by molar-refractivity contribution is 7.90. The first-order valence-electron chi connectivity index (χ1n) is 10.9. The highest BCUT2D eigenvalue weighted by atomic mass is 32.2. The van der Waals surface area contributed by atoms with Gasteiger partial charge in [0.05, 0.1) is 25.4 Å². The molecule has 1 heterocycles. The first kappa shape index (κ1) is 22.8. The Labute approximate surface area is 189 Å². The zero-order valence-corrected chi connectivity index (χ0v) is 19.8. The molecule has 3 fully saturated rings. The van der Waals surface area contributed by atoms with Gasteiger partial charge in [0, 0.05) is 31.2 Å². The van der Waals surface area contributed by atoms with Crippen LogP contribution < -0.4 is 14.2 Å². The standard InChI is InChI=1S/C22H31N3O6S/c1-22(7-8-22)23-32(28,29)17-5-6-19-18(12-17)20(26)24(2)21(27)25(19)13-14-9-15(30-3)11-16(10-14)31-4/h9-11,17-19,23H,5-8,12-13H2,1-4H3. The fourth-order valence-electron chi connectivity index (χ4n) is 4.77. The molecule has 32 heavy (non-hydrogen) atoms. The van der Waals surface area contributed by atoms with E-state index in [-0.39, 0.29) is 36.5 Å². The fraction of sp³-hybridized carbons (Fsp3) is 0.636. The fourth-order valence-corrected chi connectivity index (χ4v) is 6.73. The third kappa shape index (κ3) is 4.30. The van der Waals surface area contributed by atoms with E-state index in [4.69, 9.17) is 9.47 Å². The number of hydrogen-bond donors (Lipinski definition) is 1. The SMILES string of the molecule is COc1cc(CN2C(=O)N(C)C(=O)C3CC(S(=O)(=O)NC4(C)CC4)CCC32)cc(OC)c1. The second kappa shape index (κ2) is 8.22. The summed E-state index contributed by atoms with van der Waals surface area (Å²) in [7, 11) is 1.05. The Morgan fingerprint density at radius 2 is 1.72 bits per heavy atom. The van der Waals surface area contributed by atoms with Crippen molar-refractivity contribution < 1.29 is 27.5 Å². The second-order valence-electron chi connectivity index (χ2n) is 9.35. The molecular formula is C22H31N3O6S. The van der Waals surface area contributed by atoms with Crippen LogP contribution in [0.3, 0.4) is 0 Å². The third-order valence-electron chi connectivity index (χ3n) is 6.94. The van der Waals surface area contributed by atoms with Gasteiger partial charge in [-0.2, -0.15) is 0 Å². The Balaban J connectivity index is 1.57. The quantitative estimate of drug-likeness (QED) is 0.661. The predicted octanol–water partition coefficient (Wildman–Crippen LogP) is 2.11. The summed E-state index contributed by atoms with van der Waals surface area (Å²) in [5.41, 5.74) is 0.463. The van der Waals surface area contributed by atoms with Crippen LogP contribution >= 0.6 is 0 Å². The van der Waals surface area contributed by atoms with Gasteiger partial charge in [0.15, 0.2) is 0 Å². The van der Waals surface area contributed by atoms with Crippen molar-refractivity contribution in [1.82, 2.24) is 14.5 Å². The maximum atomic E-state index is 13.0. The van der Waals surface area contributed by atoms with Crippen LogP contribution in [0.5, 0.6) is 11.5 Å². The summed E-state index contributed by atoms with van der Waals surface area (Å²) < 4.78 is 39.4. The Kier molecular flexibility index (Phi) is 5.87. The first-order valence-corrected chi connectivity index (χ1v) is 12.4. The average molecular weight is 466 g/mol. The number of hydrogen-bond acceptors (Lipinski definition) is 6. The number of nitrogens with one attached hydrogen (secondary N) is 1. The third-order valence-corrected chi connectivity index (χ3v) is 9.02. The maximum absolute atomic E-state index is 13.0. The molecule has 2 aliphatic carbocycles. The molecule has 1 saturated heterocycles. The predicted molar refractivity (Wildman–Crippen MR) is 118 cm³/mol. The molecule has 1 aromatic carbocycles. The molecule has 0 spiro atoms. The van der Waals surface area contributed by atoms with Gasteiger partial charge in [0.25, 0.3) is 0 Å². The first-order chi connectivity index (χ1) is 15.1. The van der Waals surface area contributed by atoms with E-state index in [1.54, 1.807) is 25.2 Å². The number of nitrogens with zero attached hydrogens (tertiary/aromatic N) is 2. The topological polar surface area (TPSA) is 105 Å². The van der Waals surface area contributed by atoms with Crippen LogP contribution in [0.25, 0.3) is 0 Å². The molecule has 0 aromatic heterocycles. The van der Waals surface area contributed by atoms with E-state index in [0.717, 1.165) is 23.3 Å². The minimum atomic E-state index is -3.54. The number of carbonyl (C=O) groups excluding carboxylic acids is 2. The summed E-state index contributed by atoms with van der Waals surface area (Å²) >= 11 is 0. The van der Waals surface area contributed by atoms with Gasteiger partial charge in [0.2, 0.25) is 15.9 Å². The lowest BCUT2D eigenvalue weighted by atomic mass is 9.80. The van der Waals surface area contributed by atoms with Crippen molar-refractivity contribution >= 4 is 22.0 Å². The number of imide groups is 1. The van der Waals surface area contributed by atoms with Crippen molar-refractivity contribution in [2.24, 2.45) is 5.92 Å². The highest BCUT2D eigenvalue weighted by Gasteiger charge is 2.51. The summed E-state index contributed by atoms with van der Waals surface area (Å²) in [6.45, 7) is 2.18. The monoisotopic (exact) mass is 465 g/mol. The summed E-state index contributed by atoms with van der Waals surface area (Å²) in [6, 6.07) is 4.70. The number of rotatable bonds is 7. The zero-order valence-electron chi connectivity index (χ0n) is 19.0. The number of benzene rings is 1. The minimum absolute atomic E-state index is 0.213. The van der Waals surface area contributed by atoms with Crippen LogP contribution in [0.2, 0.25) is 0 Å². The van der Waals surface area contributed by atoms with Gasteiger partial charge >= 0.3 is 6.03 Å². The number of fused-ring (bicyclic) bond motifs is 1. The van der Waals surface area contributed by atoms with Crippen molar-refractivity contribution in [3.8, 4) is 11.5 Å². The number of carbonyl (C=O) groups is 2. The summed E-state index contributed by atoms with van der Waals surface area (Å²) in [6.07, 6.45) is 2.75.